The Morgan fingerprint density at radius 2 is 1.67 bits per heavy atom. The van der Waals surface area contributed by atoms with Crippen LogP contribution in [0.5, 0.6) is 11.5 Å². The molecule has 0 atom stereocenters. The highest BCUT2D eigenvalue weighted by molar-refractivity contribution is 5.82. The number of hydrogen-bond donors (Lipinski definition) is 0. The van der Waals surface area contributed by atoms with Crippen molar-refractivity contribution in [1.82, 2.24) is 9.80 Å². The maximum absolute atomic E-state index is 12.5. The fourth-order valence-corrected chi connectivity index (χ4v) is 3.18. The van der Waals surface area contributed by atoms with Gasteiger partial charge < -0.3 is 19.3 Å². The molecule has 0 aromatic heterocycles. The van der Waals surface area contributed by atoms with E-state index in [0.717, 1.165) is 11.3 Å². The van der Waals surface area contributed by atoms with Gasteiger partial charge in [0.2, 0.25) is 11.8 Å². The Bertz CT molecular complexity index is 659. The number of hydrogen-bond acceptors (Lipinski definition) is 4. The lowest BCUT2D eigenvalue weighted by atomic mass is 9.94. The SMILES string of the molecule is CCOc1ccc(CCC(=O)N2CCN(C(=O)C(C)(C)C)CC2)cc1OC. The van der Waals surface area contributed by atoms with Gasteiger partial charge in [0, 0.05) is 38.0 Å². The summed E-state index contributed by atoms with van der Waals surface area (Å²) in [5, 5.41) is 0. The summed E-state index contributed by atoms with van der Waals surface area (Å²) in [6, 6.07) is 5.79. The second-order valence-electron chi connectivity index (χ2n) is 7.84. The first kappa shape index (κ1) is 21.1. The second kappa shape index (κ2) is 9.11. The van der Waals surface area contributed by atoms with Gasteiger partial charge in [0.05, 0.1) is 13.7 Å². The lowest BCUT2D eigenvalue weighted by Crippen LogP contribution is -2.53. The number of methoxy groups -OCH3 is 1. The van der Waals surface area contributed by atoms with Crippen LogP contribution in [0.4, 0.5) is 0 Å². The van der Waals surface area contributed by atoms with Gasteiger partial charge >= 0.3 is 0 Å². The van der Waals surface area contributed by atoms with Crippen LogP contribution >= 0.6 is 0 Å². The molecule has 0 N–H and O–H groups in total. The largest absolute Gasteiger partial charge is 0.493 e. The molecule has 150 valence electrons. The van der Waals surface area contributed by atoms with Crippen molar-refractivity contribution in [2.75, 3.05) is 39.9 Å². The zero-order chi connectivity index (χ0) is 20.0. The first-order valence-corrected chi connectivity index (χ1v) is 9.63. The first-order valence-electron chi connectivity index (χ1n) is 9.63. The van der Waals surface area contributed by atoms with Crippen molar-refractivity contribution in [3.63, 3.8) is 0 Å². The molecule has 1 saturated heterocycles. The van der Waals surface area contributed by atoms with Crippen LogP contribution in [0.25, 0.3) is 0 Å². The molecule has 0 saturated carbocycles. The monoisotopic (exact) mass is 376 g/mol. The van der Waals surface area contributed by atoms with Gasteiger partial charge in [-0.3, -0.25) is 9.59 Å². The molecule has 0 radical (unpaired) electrons. The maximum atomic E-state index is 12.5. The van der Waals surface area contributed by atoms with E-state index in [-0.39, 0.29) is 17.2 Å². The molecule has 1 fully saturated rings. The summed E-state index contributed by atoms with van der Waals surface area (Å²) < 4.78 is 10.9. The molecule has 0 unspecified atom stereocenters. The molecule has 1 aromatic rings. The predicted molar refractivity (Wildman–Crippen MR) is 105 cm³/mol. The van der Waals surface area contributed by atoms with Gasteiger partial charge in [-0.25, -0.2) is 0 Å². The van der Waals surface area contributed by atoms with E-state index in [0.29, 0.717) is 51.4 Å². The fourth-order valence-electron chi connectivity index (χ4n) is 3.18. The van der Waals surface area contributed by atoms with Crippen LogP contribution in [0, 0.1) is 5.41 Å². The van der Waals surface area contributed by atoms with Crippen LogP contribution in [0.15, 0.2) is 18.2 Å². The second-order valence-corrected chi connectivity index (χ2v) is 7.84. The van der Waals surface area contributed by atoms with Gasteiger partial charge in [-0.1, -0.05) is 26.8 Å². The lowest BCUT2D eigenvalue weighted by molar-refractivity contribution is -0.144. The smallest absolute Gasteiger partial charge is 0.228 e. The van der Waals surface area contributed by atoms with E-state index in [9.17, 15) is 9.59 Å². The average molecular weight is 376 g/mol. The minimum atomic E-state index is -0.376. The standard InChI is InChI=1S/C21H32N2O4/c1-6-27-17-9-7-16(15-18(17)26-5)8-10-19(24)22-11-13-23(14-12-22)20(25)21(2,3)4/h7,9,15H,6,8,10-14H2,1-5H3. The summed E-state index contributed by atoms with van der Waals surface area (Å²) in [4.78, 5) is 28.6. The highest BCUT2D eigenvalue weighted by Crippen LogP contribution is 2.28. The molecule has 0 spiro atoms. The van der Waals surface area contributed by atoms with Crippen LogP contribution in [-0.4, -0.2) is 61.5 Å². The summed E-state index contributed by atoms with van der Waals surface area (Å²) in [7, 11) is 1.62. The van der Waals surface area contributed by atoms with Gasteiger partial charge in [-0.15, -0.1) is 0 Å². The number of carbonyl (C=O) groups excluding carboxylic acids is 2. The maximum Gasteiger partial charge on any atom is 0.228 e. The molecule has 1 aromatic carbocycles. The number of aryl methyl sites for hydroxylation is 1. The Morgan fingerprint density at radius 1 is 1.04 bits per heavy atom. The van der Waals surface area contributed by atoms with Crippen molar-refractivity contribution in [2.24, 2.45) is 5.41 Å². The van der Waals surface area contributed by atoms with Crippen molar-refractivity contribution >= 4 is 11.8 Å². The third-order valence-corrected chi connectivity index (χ3v) is 4.72. The van der Waals surface area contributed by atoms with E-state index in [1.807, 2.05) is 55.7 Å². The minimum absolute atomic E-state index is 0.130. The third kappa shape index (κ3) is 5.62. The number of benzene rings is 1. The normalized spacial score (nSPS) is 14.9. The van der Waals surface area contributed by atoms with Gasteiger partial charge in [0.15, 0.2) is 11.5 Å². The lowest BCUT2D eigenvalue weighted by Gasteiger charge is -2.37. The zero-order valence-corrected chi connectivity index (χ0v) is 17.2. The van der Waals surface area contributed by atoms with E-state index in [1.54, 1.807) is 7.11 Å². The molecule has 1 aliphatic rings. The van der Waals surface area contributed by atoms with Gasteiger partial charge in [-0.05, 0) is 31.0 Å². The van der Waals surface area contributed by atoms with Crippen molar-refractivity contribution in [2.45, 2.75) is 40.5 Å². The summed E-state index contributed by atoms with van der Waals surface area (Å²) in [6.45, 7) is 10.7. The molecule has 0 bridgehead atoms. The van der Waals surface area contributed by atoms with E-state index in [4.69, 9.17) is 9.47 Å². The highest BCUT2D eigenvalue weighted by atomic mass is 16.5. The van der Waals surface area contributed by atoms with Crippen molar-refractivity contribution in [3.8, 4) is 11.5 Å². The fraction of sp³-hybridized carbons (Fsp3) is 0.619. The summed E-state index contributed by atoms with van der Waals surface area (Å²) in [6.07, 6.45) is 1.10. The van der Waals surface area contributed by atoms with E-state index < -0.39 is 0 Å². The Balaban J connectivity index is 1.86. The Kier molecular flexibility index (Phi) is 7.11. The predicted octanol–water partition coefficient (Wildman–Crippen LogP) is 2.74. The average Bonchev–Trinajstić information content (AvgIpc) is 2.66. The first-order chi connectivity index (χ1) is 12.8. The van der Waals surface area contributed by atoms with Crippen LogP contribution in [0.2, 0.25) is 0 Å². The van der Waals surface area contributed by atoms with Gasteiger partial charge in [-0.2, -0.15) is 0 Å². The number of nitrogens with zero attached hydrogens (tertiary/aromatic N) is 2. The van der Waals surface area contributed by atoms with Crippen molar-refractivity contribution in [3.05, 3.63) is 23.8 Å². The Labute approximate surface area is 162 Å². The van der Waals surface area contributed by atoms with E-state index >= 15 is 0 Å². The molecule has 1 aliphatic heterocycles. The molecule has 6 nitrogen and oxygen atoms in total. The zero-order valence-electron chi connectivity index (χ0n) is 17.2. The van der Waals surface area contributed by atoms with Crippen LogP contribution in [-0.2, 0) is 16.0 Å². The molecule has 27 heavy (non-hydrogen) atoms. The molecular weight excluding hydrogens is 344 g/mol. The van der Waals surface area contributed by atoms with E-state index in [1.165, 1.54) is 0 Å². The van der Waals surface area contributed by atoms with Crippen LogP contribution in [0.1, 0.15) is 39.7 Å². The molecular formula is C21H32N2O4. The Morgan fingerprint density at radius 3 is 2.22 bits per heavy atom. The number of carbonyl (C=O) groups is 2. The highest BCUT2D eigenvalue weighted by Gasteiger charge is 2.30. The molecule has 0 aliphatic carbocycles. The Hall–Kier alpha value is -2.24. The number of ether oxygens (including phenoxy) is 2. The number of amides is 2. The third-order valence-electron chi connectivity index (χ3n) is 4.72. The number of piperazine rings is 1. The summed E-state index contributed by atoms with van der Waals surface area (Å²) in [5.41, 5.74) is 0.670. The molecule has 6 heteroatoms. The summed E-state index contributed by atoms with van der Waals surface area (Å²) in [5.74, 6) is 1.69. The minimum Gasteiger partial charge on any atom is -0.493 e. The topological polar surface area (TPSA) is 59.1 Å². The van der Waals surface area contributed by atoms with Gasteiger partial charge in [0.25, 0.3) is 0 Å². The van der Waals surface area contributed by atoms with Gasteiger partial charge in [0.1, 0.15) is 0 Å². The van der Waals surface area contributed by atoms with E-state index in [2.05, 4.69) is 0 Å². The molecule has 2 amide bonds. The van der Waals surface area contributed by atoms with Crippen molar-refractivity contribution < 1.29 is 19.1 Å². The van der Waals surface area contributed by atoms with Crippen LogP contribution in [0.3, 0.4) is 0 Å². The van der Waals surface area contributed by atoms with Crippen molar-refractivity contribution in [1.29, 1.82) is 0 Å². The summed E-state index contributed by atoms with van der Waals surface area (Å²) >= 11 is 0. The molecule has 1 heterocycles. The van der Waals surface area contributed by atoms with Crippen LogP contribution < -0.4 is 9.47 Å². The molecule has 2 rings (SSSR count). The number of rotatable bonds is 6. The quantitative estimate of drug-likeness (QED) is 0.766.